The van der Waals surface area contributed by atoms with Crippen LogP contribution >= 0.6 is 38.9 Å². The monoisotopic (exact) mass is 262 g/mol. The van der Waals surface area contributed by atoms with Gasteiger partial charge in [-0.2, -0.15) is 0 Å². The molecule has 0 fully saturated rings. The highest BCUT2D eigenvalue weighted by molar-refractivity contribution is 9.11. The van der Waals surface area contributed by atoms with Crippen molar-refractivity contribution in [2.75, 3.05) is 5.73 Å². The Bertz CT molecular complexity index is 440. The number of anilines is 1. The molecule has 2 nitrogen and oxygen atoms in total. The number of hydrogen-bond donors (Lipinski definition) is 1. The maximum atomic E-state index is 5.92. The average molecular weight is 264 g/mol. The van der Waals surface area contributed by atoms with E-state index in [0.29, 0.717) is 10.7 Å². The van der Waals surface area contributed by atoms with Crippen LogP contribution in [0.1, 0.15) is 0 Å². The Balaban J connectivity index is 2.88. The molecule has 2 N–H and O–H groups in total. The number of aromatic nitrogens is 1. The number of nitrogens with zero attached hydrogens (tertiary/aromatic N) is 1. The van der Waals surface area contributed by atoms with Crippen LogP contribution in [0.5, 0.6) is 0 Å². The third-order valence-corrected chi connectivity index (χ3v) is 3.19. The smallest absolute Gasteiger partial charge is 0.160 e. The largest absolute Gasteiger partial charge is 0.399 e. The van der Waals surface area contributed by atoms with Crippen LogP contribution in [0, 0.1) is 0 Å². The molecule has 0 aliphatic rings. The lowest BCUT2D eigenvalue weighted by molar-refractivity contribution is 1.45. The van der Waals surface area contributed by atoms with E-state index in [2.05, 4.69) is 20.9 Å². The summed E-state index contributed by atoms with van der Waals surface area (Å²) < 4.78 is 1.83. The summed E-state index contributed by atoms with van der Waals surface area (Å²) in [7, 11) is 0. The normalized spacial score (nSPS) is 10.8. The lowest BCUT2D eigenvalue weighted by Crippen LogP contribution is -1.83. The highest BCUT2D eigenvalue weighted by Crippen LogP contribution is 2.32. The molecule has 2 rings (SSSR count). The van der Waals surface area contributed by atoms with Gasteiger partial charge in [0, 0.05) is 5.69 Å². The van der Waals surface area contributed by atoms with Crippen molar-refractivity contribution in [2.24, 2.45) is 0 Å². The minimum absolute atomic E-state index is 0.604. The van der Waals surface area contributed by atoms with E-state index in [1.807, 2.05) is 6.07 Å². The molecular weight excluding hydrogens is 260 g/mol. The first-order valence-corrected chi connectivity index (χ1v) is 5.16. The number of nitrogens with two attached hydrogens (primary N) is 1. The lowest BCUT2D eigenvalue weighted by atomic mass is 10.3. The number of nitrogen functional groups attached to an aromatic ring is 1. The van der Waals surface area contributed by atoms with Crippen molar-refractivity contribution in [2.45, 2.75) is 0 Å². The topological polar surface area (TPSA) is 38.9 Å². The van der Waals surface area contributed by atoms with Gasteiger partial charge in [-0.3, -0.25) is 0 Å². The van der Waals surface area contributed by atoms with E-state index in [0.717, 1.165) is 14.1 Å². The van der Waals surface area contributed by atoms with Crippen molar-refractivity contribution in [3.8, 4) is 0 Å². The van der Waals surface area contributed by atoms with Crippen LogP contribution in [-0.4, -0.2) is 4.98 Å². The summed E-state index contributed by atoms with van der Waals surface area (Å²) in [6.07, 6.45) is 0. The molecule has 12 heavy (non-hydrogen) atoms. The number of hydrogen-bond acceptors (Lipinski definition) is 3. The highest BCUT2D eigenvalue weighted by Gasteiger charge is 2.05. The van der Waals surface area contributed by atoms with E-state index in [1.54, 1.807) is 6.07 Å². The predicted molar refractivity (Wildman–Crippen MR) is 56.7 cm³/mol. The summed E-state index contributed by atoms with van der Waals surface area (Å²) in [6, 6.07) is 3.57. The summed E-state index contributed by atoms with van der Waals surface area (Å²) in [6.45, 7) is 0. The number of benzene rings is 1. The zero-order chi connectivity index (χ0) is 8.72. The molecule has 0 saturated carbocycles. The molecule has 0 aliphatic heterocycles. The maximum absolute atomic E-state index is 5.92. The van der Waals surface area contributed by atoms with Gasteiger partial charge in [-0.1, -0.05) is 11.6 Å². The fraction of sp³-hybridized carbons (Fsp3) is 0. The van der Waals surface area contributed by atoms with Gasteiger partial charge in [0.05, 0.1) is 9.72 Å². The minimum Gasteiger partial charge on any atom is -0.399 e. The van der Waals surface area contributed by atoms with Gasteiger partial charge in [0.1, 0.15) is 5.52 Å². The Morgan fingerprint density at radius 1 is 1.50 bits per heavy atom. The Labute approximate surface area is 86.5 Å². The number of fused-ring (bicyclic) bond motifs is 1. The quantitative estimate of drug-likeness (QED) is 0.741. The standard InChI is InChI=1S/C7H4BrClN2S/c8-7-11-6-4(9)1-3(10)2-5(6)12-7/h1-2H,10H2. The summed E-state index contributed by atoms with van der Waals surface area (Å²) in [4.78, 5) is 4.20. The molecule has 0 atom stereocenters. The molecule has 0 unspecified atom stereocenters. The molecule has 5 heteroatoms. The van der Waals surface area contributed by atoms with Gasteiger partial charge in [0.2, 0.25) is 0 Å². The Hall–Kier alpha value is -0.320. The van der Waals surface area contributed by atoms with Crippen molar-refractivity contribution in [3.05, 3.63) is 21.1 Å². The van der Waals surface area contributed by atoms with Crippen molar-refractivity contribution < 1.29 is 0 Å². The molecular formula is C7H4BrClN2S. The number of halogens is 2. The third kappa shape index (κ3) is 1.30. The molecule has 0 saturated heterocycles. The summed E-state index contributed by atoms with van der Waals surface area (Å²) >= 11 is 10.7. The SMILES string of the molecule is Nc1cc(Cl)c2nc(Br)sc2c1. The zero-order valence-electron chi connectivity index (χ0n) is 5.84. The van der Waals surface area contributed by atoms with Gasteiger partial charge < -0.3 is 5.73 Å². The molecule has 0 aliphatic carbocycles. The van der Waals surface area contributed by atoms with Crippen LogP contribution in [0.3, 0.4) is 0 Å². The van der Waals surface area contributed by atoms with Gasteiger partial charge in [-0.15, -0.1) is 11.3 Å². The average Bonchev–Trinajstić information content (AvgIpc) is 2.29. The van der Waals surface area contributed by atoms with Gasteiger partial charge in [-0.05, 0) is 28.1 Å². The fourth-order valence-electron chi connectivity index (χ4n) is 0.982. The summed E-state index contributed by atoms with van der Waals surface area (Å²) in [5.41, 5.74) is 7.09. The molecule has 1 heterocycles. The first kappa shape index (κ1) is 8.29. The molecule has 2 aromatic rings. The predicted octanol–water partition coefficient (Wildman–Crippen LogP) is 3.29. The first-order valence-electron chi connectivity index (χ1n) is 3.18. The minimum atomic E-state index is 0.604. The van der Waals surface area contributed by atoms with Crippen molar-refractivity contribution in [1.29, 1.82) is 0 Å². The Morgan fingerprint density at radius 2 is 2.25 bits per heavy atom. The van der Waals surface area contributed by atoms with Crippen molar-refractivity contribution >= 4 is 54.8 Å². The van der Waals surface area contributed by atoms with Gasteiger partial charge in [0.15, 0.2) is 3.92 Å². The first-order chi connectivity index (χ1) is 5.66. The number of rotatable bonds is 0. The molecule has 62 valence electrons. The Morgan fingerprint density at radius 3 is 3.00 bits per heavy atom. The molecule has 0 radical (unpaired) electrons. The van der Waals surface area contributed by atoms with E-state index in [9.17, 15) is 0 Å². The zero-order valence-corrected chi connectivity index (χ0v) is 9.00. The van der Waals surface area contributed by atoms with Crippen LogP contribution in [0.15, 0.2) is 16.0 Å². The van der Waals surface area contributed by atoms with Crippen LogP contribution < -0.4 is 5.73 Å². The molecule has 1 aromatic carbocycles. The maximum Gasteiger partial charge on any atom is 0.160 e. The highest BCUT2D eigenvalue weighted by atomic mass is 79.9. The van der Waals surface area contributed by atoms with E-state index >= 15 is 0 Å². The summed E-state index contributed by atoms with van der Waals surface area (Å²) in [5.74, 6) is 0. The molecule has 0 spiro atoms. The third-order valence-electron chi connectivity index (χ3n) is 1.44. The number of thiazole rings is 1. The molecule has 0 amide bonds. The van der Waals surface area contributed by atoms with E-state index in [4.69, 9.17) is 17.3 Å². The van der Waals surface area contributed by atoms with Crippen LogP contribution in [0.25, 0.3) is 10.2 Å². The summed E-state index contributed by atoms with van der Waals surface area (Å²) in [5, 5.41) is 0.604. The van der Waals surface area contributed by atoms with Crippen molar-refractivity contribution in [3.63, 3.8) is 0 Å². The Kier molecular flexibility index (Phi) is 1.98. The second-order valence-electron chi connectivity index (χ2n) is 2.32. The lowest BCUT2D eigenvalue weighted by Gasteiger charge is -1.94. The van der Waals surface area contributed by atoms with Gasteiger partial charge in [0.25, 0.3) is 0 Å². The second kappa shape index (κ2) is 2.87. The van der Waals surface area contributed by atoms with E-state index in [1.165, 1.54) is 11.3 Å². The van der Waals surface area contributed by atoms with E-state index < -0.39 is 0 Å². The van der Waals surface area contributed by atoms with Crippen LogP contribution in [0.2, 0.25) is 5.02 Å². The molecule has 1 aromatic heterocycles. The fourth-order valence-corrected chi connectivity index (χ4v) is 2.77. The van der Waals surface area contributed by atoms with Gasteiger partial charge in [-0.25, -0.2) is 4.98 Å². The second-order valence-corrected chi connectivity index (χ2v) is 5.03. The van der Waals surface area contributed by atoms with Crippen LogP contribution in [0.4, 0.5) is 5.69 Å². The van der Waals surface area contributed by atoms with Crippen LogP contribution in [-0.2, 0) is 0 Å². The van der Waals surface area contributed by atoms with Crippen molar-refractivity contribution in [1.82, 2.24) is 4.98 Å². The van der Waals surface area contributed by atoms with E-state index in [-0.39, 0.29) is 0 Å². The van der Waals surface area contributed by atoms with Gasteiger partial charge >= 0.3 is 0 Å². The molecule has 0 bridgehead atoms.